The molecule has 1 aromatic carbocycles. The number of nitrogens with zero attached hydrogens (tertiary/aromatic N) is 2. The van der Waals surface area contributed by atoms with Gasteiger partial charge in [-0.2, -0.15) is 0 Å². The van der Waals surface area contributed by atoms with Crippen molar-refractivity contribution in [3.8, 4) is 0 Å². The van der Waals surface area contributed by atoms with Gasteiger partial charge >= 0.3 is 0 Å². The fourth-order valence-electron chi connectivity index (χ4n) is 2.28. The van der Waals surface area contributed by atoms with Crippen LogP contribution in [0.4, 0.5) is 4.39 Å². The first-order chi connectivity index (χ1) is 9.83. The van der Waals surface area contributed by atoms with Crippen LogP contribution in [0.15, 0.2) is 30.6 Å². The Labute approximate surface area is 119 Å². The zero-order chi connectivity index (χ0) is 14.4. The fourth-order valence-corrected chi connectivity index (χ4v) is 2.28. The minimum absolute atomic E-state index is 0.204. The highest BCUT2D eigenvalue weighted by molar-refractivity contribution is 5.31. The van der Waals surface area contributed by atoms with Gasteiger partial charge in [0.1, 0.15) is 12.1 Å². The van der Waals surface area contributed by atoms with E-state index in [0.717, 1.165) is 42.9 Å². The van der Waals surface area contributed by atoms with E-state index in [9.17, 15) is 4.39 Å². The van der Waals surface area contributed by atoms with Gasteiger partial charge in [-0.3, -0.25) is 0 Å². The third-order valence-electron chi connectivity index (χ3n) is 3.25. The maximum Gasteiger partial charge on any atom is 0.123 e. The van der Waals surface area contributed by atoms with Crippen molar-refractivity contribution in [3.63, 3.8) is 0 Å². The molecule has 20 heavy (non-hydrogen) atoms. The number of rotatable bonds is 2. The van der Waals surface area contributed by atoms with Crippen molar-refractivity contribution >= 4 is 0 Å². The molecular weight excluding hydrogens is 253 g/mol. The van der Waals surface area contributed by atoms with E-state index >= 15 is 0 Å². The summed E-state index contributed by atoms with van der Waals surface area (Å²) in [7, 11) is 0. The molecule has 3 rings (SSSR count). The van der Waals surface area contributed by atoms with Crippen molar-refractivity contribution in [2.45, 2.75) is 33.2 Å². The molecule has 4 heteroatoms. The first-order valence-electron chi connectivity index (χ1n) is 7.10. The zero-order valence-corrected chi connectivity index (χ0v) is 12.0. The van der Waals surface area contributed by atoms with Gasteiger partial charge in [0, 0.05) is 37.2 Å². The molecule has 0 saturated heterocycles. The Hall–Kier alpha value is -1.81. The normalized spacial score (nSPS) is 13.2. The molecule has 0 fully saturated rings. The Morgan fingerprint density at radius 3 is 2.65 bits per heavy atom. The van der Waals surface area contributed by atoms with Crippen LogP contribution in [0.3, 0.4) is 0 Å². The maximum absolute atomic E-state index is 12.9. The molecule has 0 aliphatic carbocycles. The van der Waals surface area contributed by atoms with Gasteiger partial charge in [0.2, 0.25) is 0 Å². The topological polar surface area (TPSA) is 37.8 Å². The summed E-state index contributed by atoms with van der Waals surface area (Å²) in [5.41, 5.74) is 4.45. The van der Waals surface area contributed by atoms with Crippen LogP contribution in [-0.4, -0.2) is 16.5 Å². The second-order valence-electron chi connectivity index (χ2n) is 4.48. The van der Waals surface area contributed by atoms with Crippen LogP contribution in [0.1, 0.15) is 36.4 Å². The molecule has 0 unspecified atom stereocenters. The van der Waals surface area contributed by atoms with Gasteiger partial charge in [-0.05, 0) is 17.7 Å². The third kappa shape index (κ3) is 3.39. The van der Waals surface area contributed by atoms with Gasteiger partial charge in [-0.15, -0.1) is 0 Å². The Balaban J connectivity index is 0.000000704. The van der Waals surface area contributed by atoms with Gasteiger partial charge in [-0.1, -0.05) is 26.0 Å². The highest BCUT2D eigenvalue weighted by atomic mass is 19.1. The molecule has 1 aromatic heterocycles. The smallest absolute Gasteiger partial charge is 0.123 e. The lowest BCUT2D eigenvalue weighted by Gasteiger charge is -2.18. The predicted molar refractivity (Wildman–Crippen MR) is 78.0 cm³/mol. The second-order valence-corrected chi connectivity index (χ2v) is 4.48. The second kappa shape index (κ2) is 7.10. The Morgan fingerprint density at radius 2 is 1.90 bits per heavy atom. The Morgan fingerprint density at radius 1 is 1.15 bits per heavy atom. The summed E-state index contributed by atoms with van der Waals surface area (Å²) in [4.78, 5) is 8.69. The van der Waals surface area contributed by atoms with Gasteiger partial charge in [-0.25, -0.2) is 14.4 Å². The van der Waals surface area contributed by atoms with Crippen LogP contribution in [0.5, 0.6) is 0 Å². The summed E-state index contributed by atoms with van der Waals surface area (Å²) in [6.07, 6.45) is 3.31. The summed E-state index contributed by atoms with van der Waals surface area (Å²) in [5.74, 6) is -0.204. The number of nitrogens with one attached hydrogen (secondary N) is 1. The van der Waals surface area contributed by atoms with E-state index in [1.54, 1.807) is 18.5 Å². The van der Waals surface area contributed by atoms with Crippen LogP contribution in [0.25, 0.3) is 0 Å². The molecule has 3 nitrogen and oxygen atoms in total. The summed E-state index contributed by atoms with van der Waals surface area (Å²) >= 11 is 0. The van der Waals surface area contributed by atoms with Crippen molar-refractivity contribution in [3.05, 3.63) is 58.9 Å². The standard InChI is InChI=1S/C14H14FN3.C2H6/c15-11-3-1-10(2-4-11)7-14-12-8-16-6-5-13(12)17-9-18-14;1-2/h1-4,9,16H,5-8H2;1-2H3. The van der Waals surface area contributed by atoms with Crippen molar-refractivity contribution in [2.75, 3.05) is 6.54 Å². The van der Waals surface area contributed by atoms with E-state index in [0.29, 0.717) is 0 Å². The van der Waals surface area contributed by atoms with E-state index < -0.39 is 0 Å². The molecule has 0 bridgehead atoms. The van der Waals surface area contributed by atoms with Crippen LogP contribution in [0, 0.1) is 5.82 Å². The predicted octanol–water partition coefficient (Wildman–Crippen LogP) is 2.88. The molecule has 2 heterocycles. The quantitative estimate of drug-likeness (QED) is 0.914. The summed E-state index contributed by atoms with van der Waals surface area (Å²) < 4.78 is 12.9. The molecule has 0 atom stereocenters. The lowest BCUT2D eigenvalue weighted by molar-refractivity contribution is 0.617. The first kappa shape index (κ1) is 14.6. The van der Waals surface area contributed by atoms with E-state index in [1.165, 1.54) is 17.7 Å². The third-order valence-corrected chi connectivity index (χ3v) is 3.25. The van der Waals surface area contributed by atoms with E-state index in [4.69, 9.17) is 0 Å². The van der Waals surface area contributed by atoms with Gasteiger partial charge in [0.25, 0.3) is 0 Å². The lowest BCUT2D eigenvalue weighted by atomic mass is 10.0. The number of benzene rings is 1. The molecule has 1 N–H and O–H groups in total. The van der Waals surface area contributed by atoms with Crippen LogP contribution in [0.2, 0.25) is 0 Å². The highest BCUT2D eigenvalue weighted by Crippen LogP contribution is 2.17. The molecule has 106 valence electrons. The zero-order valence-electron chi connectivity index (χ0n) is 12.0. The van der Waals surface area contributed by atoms with E-state index in [-0.39, 0.29) is 5.82 Å². The van der Waals surface area contributed by atoms with Gasteiger partial charge < -0.3 is 5.32 Å². The molecule has 0 radical (unpaired) electrons. The van der Waals surface area contributed by atoms with E-state index in [1.807, 2.05) is 13.8 Å². The first-order valence-corrected chi connectivity index (χ1v) is 7.10. The van der Waals surface area contributed by atoms with E-state index in [2.05, 4.69) is 15.3 Å². The van der Waals surface area contributed by atoms with Crippen molar-refractivity contribution in [2.24, 2.45) is 0 Å². The van der Waals surface area contributed by atoms with Crippen LogP contribution in [-0.2, 0) is 19.4 Å². The number of halogens is 1. The van der Waals surface area contributed by atoms with Crippen LogP contribution < -0.4 is 5.32 Å². The minimum atomic E-state index is -0.204. The SMILES string of the molecule is CC.Fc1ccc(Cc2ncnc3c2CNCC3)cc1. The summed E-state index contributed by atoms with van der Waals surface area (Å²) in [6, 6.07) is 6.59. The lowest BCUT2D eigenvalue weighted by Crippen LogP contribution is -2.26. The molecule has 2 aromatic rings. The molecule has 0 spiro atoms. The Kier molecular flexibility index (Phi) is 5.18. The van der Waals surface area contributed by atoms with Crippen molar-refractivity contribution in [1.29, 1.82) is 0 Å². The van der Waals surface area contributed by atoms with Crippen molar-refractivity contribution < 1.29 is 4.39 Å². The molecule has 1 aliphatic heterocycles. The minimum Gasteiger partial charge on any atom is -0.312 e. The molecular formula is C16H20FN3. The van der Waals surface area contributed by atoms with Crippen molar-refractivity contribution in [1.82, 2.24) is 15.3 Å². The average Bonchev–Trinajstić information content (AvgIpc) is 2.52. The Bertz CT molecular complexity index is 552. The summed E-state index contributed by atoms with van der Waals surface area (Å²) in [5, 5.41) is 3.34. The number of hydrogen-bond acceptors (Lipinski definition) is 3. The largest absolute Gasteiger partial charge is 0.312 e. The summed E-state index contributed by atoms with van der Waals surface area (Å²) in [6.45, 7) is 5.80. The highest BCUT2D eigenvalue weighted by Gasteiger charge is 2.14. The average molecular weight is 273 g/mol. The number of hydrogen-bond donors (Lipinski definition) is 1. The van der Waals surface area contributed by atoms with Gasteiger partial charge in [0.15, 0.2) is 0 Å². The molecule has 0 amide bonds. The fraction of sp³-hybridized carbons (Fsp3) is 0.375. The monoisotopic (exact) mass is 273 g/mol. The number of fused-ring (bicyclic) bond motifs is 1. The number of aromatic nitrogens is 2. The molecule has 1 aliphatic rings. The maximum atomic E-state index is 12.9. The molecule has 0 saturated carbocycles. The van der Waals surface area contributed by atoms with Crippen LogP contribution >= 0.6 is 0 Å². The van der Waals surface area contributed by atoms with Gasteiger partial charge in [0.05, 0.1) is 5.69 Å².